The second-order valence-corrected chi connectivity index (χ2v) is 7.76. The maximum atomic E-state index is 12.4. The standard InChI is InChI=1S/C20H23NO7S/c1-4-10-21-29(24,25)16-7-5-6-14(11-16)20(23)28-13-18(22)17-9-8-15(26-2)12-19(17)27-3/h5-9,11-12,21H,4,10,13H2,1-3H3. The van der Waals surface area contributed by atoms with E-state index in [0.29, 0.717) is 17.9 Å². The number of rotatable bonds is 10. The third kappa shape index (κ3) is 5.78. The minimum atomic E-state index is -3.72. The van der Waals surface area contributed by atoms with Crippen LogP contribution in [0.2, 0.25) is 0 Å². The topological polar surface area (TPSA) is 108 Å². The number of ether oxygens (including phenoxy) is 3. The zero-order valence-corrected chi connectivity index (χ0v) is 17.2. The van der Waals surface area contributed by atoms with Crippen molar-refractivity contribution in [2.75, 3.05) is 27.4 Å². The molecule has 1 N–H and O–H groups in total. The molecule has 0 amide bonds. The molecule has 2 rings (SSSR count). The Morgan fingerprint density at radius 2 is 1.79 bits per heavy atom. The molecule has 9 heteroatoms. The first kappa shape index (κ1) is 22.4. The summed E-state index contributed by atoms with van der Waals surface area (Å²) in [7, 11) is -0.818. The predicted octanol–water partition coefficient (Wildman–Crippen LogP) is 2.43. The van der Waals surface area contributed by atoms with E-state index in [1.165, 1.54) is 44.6 Å². The molecule has 29 heavy (non-hydrogen) atoms. The summed E-state index contributed by atoms with van der Waals surface area (Å²) in [6.07, 6.45) is 0.637. The summed E-state index contributed by atoms with van der Waals surface area (Å²) in [5, 5.41) is 0. The number of methoxy groups -OCH3 is 2. The number of nitrogens with one attached hydrogen (secondary N) is 1. The summed E-state index contributed by atoms with van der Waals surface area (Å²) in [5.74, 6) is -0.463. The van der Waals surface area contributed by atoms with E-state index in [1.54, 1.807) is 12.1 Å². The third-order valence-corrected chi connectivity index (χ3v) is 5.42. The molecule has 0 spiro atoms. The molecule has 0 atom stereocenters. The maximum Gasteiger partial charge on any atom is 0.338 e. The van der Waals surface area contributed by atoms with Crippen molar-refractivity contribution in [3.8, 4) is 11.5 Å². The van der Waals surface area contributed by atoms with Gasteiger partial charge < -0.3 is 14.2 Å². The Kier molecular flexibility index (Phi) is 7.74. The fourth-order valence-corrected chi connectivity index (χ4v) is 3.61. The maximum absolute atomic E-state index is 12.4. The molecular formula is C20H23NO7S. The first-order chi connectivity index (χ1) is 13.8. The van der Waals surface area contributed by atoms with Crippen LogP contribution in [0.5, 0.6) is 11.5 Å². The summed E-state index contributed by atoms with van der Waals surface area (Å²) < 4.78 is 42.1. The van der Waals surface area contributed by atoms with Gasteiger partial charge in [0.25, 0.3) is 0 Å². The van der Waals surface area contributed by atoms with Gasteiger partial charge in [-0.2, -0.15) is 0 Å². The molecule has 0 aliphatic carbocycles. The van der Waals surface area contributed by atoms with Gasteiger partial charge in [-0.1, -0.05) is 13.0 Å². The lowest BCUT2D eigenvalue weighted by Crippen LogP contribution is -2.24. The smallest absolute Gasteiger partial charge is 0.338 e. The summed E-state index contributed by atoms with van der Waals surface area (Å²) in [5.41, 5.74) is 0.264. The molecular weight excluding hydrogens is 398 g/mol. The van der Waals surface area contributed by atoms with Gasteiger partial charge in [0, 0.05) is 12.6 Å². The quantitative estimate of drug-likeness (QED) is 0.464. The average molecular weight is 421 g/mol. The Labute approximate surface area is 169 Å². The zero-order valence-electron chi connectivity index (χ0n) is 16.4. The molecule has 0 saturated carbocycles. The number of carbonyl (C=O) groups excluding carboxylic acids is 2. The SMILES string of the molecule is CCCNS(=O)(=O)c1cccc(C(=O)OCC(=O)c2ccc(OC)cc2OC)c1. The number of ketones is 1. The van der Waals surface area contributed by atoms with Crippen molar-refractivity contribution in [2.45, 2.75) is 18.2 Å². The predicted molar refractivity (Wildman–Crippen MR) is 106 cm³/mol. The highest BCUT2D eigenvalue weighted by Gasteiger charge is 2.19. The van der Waals surface area contributed by atoms with Crippen LogP contribution in [0.15, 0.2) is 47.4 Å². The van der Waals surface area contributed by atoms with Crippen LogP contribution < -0.4 is 14.2 Å². The highest BCUT2D eigenvalue weighted by Crippen LogP contribution is 2.25. The second kappa shape index (κ2) is 10.0. The number of Topliss-reactive ketones (excluding diaryl/α,β-unsaturated/α-hetero) is 1. The van der Waals surface area contributed by atoms with E-state index in [4.69, 9.17) is 14.2 Å². The third-order valence-electron chi connectivity index (χ3n) is 3.97. The minimum absolute atomic E-state index is 0.0267. The minimum Gasteiger partial charge on any atom is -0.497 e. The van der Waals surface area contributed by atoms with Gasteiger partial charge in [0.15, 0.2) is 6.61 Å². The zero-order chi connectivity index (χ0) is 21.4. The van der Waals surface area contributed by atoms with Crippen molar-refractivity contribution in [3.63, 3.8) is 0 Å². The van der Waals surface area contributed by atoms with Gasteiger partial charge in [-0.05, 0) is 36.8 Å². The van der Waals surface area contributed by atoms with Gasteiger partial charge in [0.05, 0.1) is 30.2 Å². The lowest BCUT2D eigenvalue weighted by atomic mass is 10.1. The number of sulfonamides is 1. The highest BCUT2D eigenvalue weighted by molar-refractivity contribution is 7.89. The van der Waals surface area contributed by atoms with E-state index >= 15 is 0 Å². The van der Waals surface area contributed by atoms with Crippen molar-refractivity contribution in [1.29, 1.82) is 0 Å². The van der Waals surface area contributed by atoms with E-state index in [9.17, 15) is 18.0 Å². The van der Waals surface area contributed by atoms with Crippen molar-refractivity contribution in [1.82, 2.24) is 4.72 Å². The second-order valence-electron chi connectivity index (χ2n) is 5.99. The van der Waals surface area contributed by atoms with Gasteiger partial charge in [0.2, 0.25) is 15.8 Å². The van der Waals surface area contributed by atoms with Crippen molar-refractivity contribution in [2.24, 2.45) is 0 Å². The molecule has 0 radical (unpaired) electrons. The van der Waals surface area contributed by atoms with Gasteiger partial charge >= 0.3 is 5.97 Å². The Balaban J connectivity index is 2.10. The van der Waals surface area contributed by atoms with E-state index < -0.39 is 28.4 Å². The molecule has 2 aromatic rings. The van der Waals surface area contributed by atoms with Crippen LogP contribution >= 0.6 is 0 Å². The summed E-state index contributed by atoms with van der Waals surface area (Å²) >= 11 is 0. The van der Waals surface area contributed by atoms with E-state index in [0.717, 1.165) is 0 Å². The van der Waals surface area contributed by atoms with Gasteiger partial charge in [-0.25, -0.2) is 17.9 Å². The molecule has 8 nitrogen and oxygen atoms in total. The molecule has 0 unspecified atom stereocenters. The Morgan fingerprint density at radius 3 is 2.45 bits per heavy atom. The van der Waals surface area contributed by atoms with Crippen LogP contribution in [0, 0.1) is 0 Å². The van der Waals surface area contributed by atoms with E-state index in [-0.39, 0.29) is 22.6 Å². The first-order valence-corrected chi connectivity index (χ1v) is 10.3. The molecule has 0 bridgehead atoms. The summed E-state index contributed by atoms with van der Waals surface area (Å²) in [6, 6.07) is 10.1. The molecule has 0 heterocycles. The molecule has 2 aromatic carbocycles. The number of esters is 1. The molecule has 0 fully saturated rings. The van der Waals surface area contributed by atoms with Crippen molar-refractivity contribution >= 4 is 21.8 Å². The summed E-state index contributed by atoms with van der Waals surface area (Å²) in [6.45, 7) is 1.60. The molecule has 0 aromatic heterocycles. The number of hydrogen-bond acceptors (Lipinski definition) is 7. The lowest BCUT2D eigenvalue weighted by Gasteiger charge is -2.10. The van der Waals surface area contributed by atoms with Crippen LogP contribution in [0.25, 0.3) is 0 Å². The molecule has 156 valence electrons. The lowest BCUT2D eigenvalue weighted by molar-refractivity contribution is 0.0473. The van der Waals surface area contributed by atoms with Crippen LogP contribution in [-0.4, -0.2) is 47.5 Å². The van der Waals surface area contributed by atoms with Crippen LogP contribution in [-0.2, 0) is 14.8 Å². The highest BCUT2D eigenvalue weighted by atomic mass is 32.2. The van der Waals surface area contributed by atoms with Crippen LogP contribution in [0.1, 0.15) is 34.1 Å². The summed E-state index contributed by atoms with van der Waals surface area (Å²) in [4.78, 5) is 24.6. The number of carbonyl (C=O) groups is 2. The van der Waals surface area contributed by atoms with Crippen molar-refractivity contribution in [3.05, 3.63) is 53.6 Å². The average Bonchev–Trinajstić information content (AvgIpc) is 2.75. The normalized spacial score (nSPS) is 11.0. The first-order valence-electron chi connectivity index (χ1n) is 8.84. The molecule has 0 aliphatic rings. The fraction of sp³-hybridized carbons (Fsp3) is 0.300. The Morgan fingerprint density at radius 1 is 1.03 bits per heavy atom. The van der Waals surface area contributed by atoms with E-state index in [1.807, 2.05) is 6.92 Å². The van der Waals surface area contributed by atoms with Gasteiger partial charge in [-0.3, -0.25) is 4.79 Å². The Hall–Kier alpha value is -2.91. The van der Waals surface area contributed by atoms with Gasteiger partial charge in [0.1, 0.15) is 11.5 Å². The molecule has 0 saturated heterocycles. The van der Waals surface area contributed by atoms with E-state index in [2.05, 4.69) is 4.72 Å². The largest absolute Gasteiger partial charge is 0.497 e. The van der Waals surface area contributed by atoms with Crippen LogP contribution in [0.4, 0.5) is 0 Å². The Bertz CT molecular complexity index is 986. The van der Waals surface area contributed by atoms with Crippen LogP contribution in [0.3, 0.4) is 0 Å². The fourth-order valence-electron chi connectivity index (χ4n) is 2.43. The number of benzene rings is 2. The number of hydrogen-bond donors (Lipinski definition) is 1. The van der Waals surface area contributed by atoms with Crippen molar-refractivity contribution < 1.29 is 32.2 Å². The monoisotopic (exact) mass is 421 g/mol. The molecule has 0 aliphatic heterocycles. The van der Waals surface area contributed by atoms with Gasteiger partial charge in [-0.15, -0.1) is 0 Å².